The molecule has 0 spiro atoms. The topological polar surface area (TPSA) is 0 Å². The standard InChI is InChI=1S/C23H25P.BrH/c24-23(18-21-12-6-2-7-13-21,19-22-14-8-3-9-15-22)17-16-20-10-4-1-5-11-20;/h1-15H,16-19,24H2;1H. The predicted molar refractivity (Wildman–Crippen MR) is 118 cm³/mol. The molecule has 0 aliphatic rings. The lowest BCUT2D eigenvalue weighted by molar-refractivity contribution is 0.532. The van der Waals surface area contributed by atoms with Gasteiger partial charge in [0.2, 0.25) is 0 Å². The minimum absolute atomic E-state index is 0. The van der Waals surface area contributed by atoms with Gasteiger partial charge in [0, 0.05) is 0 Å². The van der Waals surface area contributed by atoms with Crippen molar-refractivity contribution in [1.82, 2.24) is 0 Å². The van der Waals surface area contributed by atoms with Gasteiger partial charge >= 0.3 is 0 Å². The van der Waals surface area contributed by atoms with E-state index in [4.69, 9.17) is 0 Å². The average Bonchev–Trinajstić information content (AvgIpc) is 2.63. The fourth-order valence-corrected chi connectivity index (χ4v) is 3.90. The Balaban J connectivity index is 0.00000225. The SMILES string of the molecule is Br.PC(CCc1ccccc1)(Cc1ccccc1)Cc1ccccc1. The van der Waals surface area contributed by atoms with Crippen LogP contribution >= 0.6 is 26.2 Å². The molecule has 0 aliphatic carbocycles. The molecule has 0 nitrogen and oxygen atoms in total. The van der Waals surface area contributed by atoms with Crippen LogP contribution in [0.1, 0.15) is 23.1 Å². The van der Waals surface area contributed by atoms with E-state index < -0.39 is 0 Å². The van der Waals surface area contributed by atoms with Crippen molar-refractivity contribution >= 4 is 26.2 Å². The van der Waals surface area contributed by atoms with Gasteiger partial charge < -0.3 is 0 Å². The average molecular weight is 413 g/mol. The first kappa shape index (κ1) is 19.9. The van der Waals surface area contributed by atoms with Crippen LogP contribution in [0.4, 0.5) is 0 Å². The van der Waals surface area contributed by atoms with E-state index in [-0.39, 0.29) is 22.1 Å². The lowest BCUT2D eigenvalue weighted by Gasteiger charge is -2.30. The third-order valence-corrected chi connectivity index (χ3v) is 5.25. The van der Waals surface area contributed by atoms with E-state index in [9.17, 15) is 0 Å². The molecule has 0 heterocycles. The summed E-state index contributed by atoms with van der Waals surface area (Å²) in [5.74, 6) is 0. The van der Waals surface area contributed by atoms with Crippen LogP contribution < -0.4 is 0 Å². The Morgan fingerprint density at radius 1 is 0.560 bits per heavy atom. The van der Waals surface area contributed by atoms with Gasteiger partial charge in [0.05, 0.1) is 0 Å². The maximum absolute atomic E-state index is 3.19. The first-order valence-corrected chi connectivity index (χ1v) is 9.22. The molecule has 25 heavy (non-hydrogen) atoms. The van der Waals surface area contributed by atoms with Crippen LogP contribution in [0.15, 0.2) is 91.0 Å². The van der Waals surface area contributed by atoms with Crippen LogP contribution in [0.5, 0.6) is 0 Å². The zero-order chi connectivity index (χ0) is 16.7. The molecule has 0 aromatic heterocycles. The molecule has 0 N–H and O–H groups in total. The monoisotopic (exact) mass is 412 g/mol. The predicted octanol–water partition coefficient (Wildman–Crippen LogP) is 6.30. The van der Waals surface area contributed by atoms with Gasteiger partial charge in [-0.1, -0.05) is 91.0 Å². The molecule has 1 atom stereocenters. The first-order chi connectivity index (χ1) is 11.7. The summed E-state index contributed by atoms with van der Waals surface area (Å²) >= 11 is 0. The summed E-state index contributed by atoms with van der Waals surface area (Å²) in [4.78, 5) is 0. The Labute approximate surface area is 164 Å². The van der Waals surface area contributed by atoms with Crippen molar-refractivity contribution in [3.8, 4) is 0 Å². The van der Waals surface area contributed by atoms with E-state index in [2.05, 4.69) is 100 Å². The summed E-state index contributed by atoms with van der Waals surface area (Å²) in [6.45, 7) is 0. The molecule has 3 aromatic rings. The molecule has 130 valence electrons. The lowest BCUT2D eigenvalue weighted by atomic mass is 9.86. The second kappa shape index (κ2) is 9.90. The molecule has 0 amide bonds. The summed E-state index contributed by atoms with van der Waals surface area (Å²) in [6, 6.07) is 32.5. The van der Waals surface area contributed by atoms with Crippen LogP contribution in [0, 0.1) is 0 Å². The van der Waals surface area contributed by atoms with Gasteiger partial charge in [-0.2, -0.15) is 0 Å². The second-order valence-corrected chi connectivity index (χ2v) is 7.90. The highest BCUT2D eigenvalue weighted by molar-refractivity contribution is 8.93. The van der Waals surface area contributed by atoms with Crippen molar-refractivity contribution < 1.29 is 0 Å². The quantitative estimate of drug-likeness (QED) is 0.399. The molecule has 0 saturated heterocycles. The van der Waals surface area contributed by atoms with Crippen LogP contribution in [0.25, 0.3) is 0 Å². The maximum atomic E-state index is 3.19. The van der Waals surface area contributed by atoms with Gasteiger partial charge in [0.25, 0.3) is 0 Å². The molecule has 3 aromatic carbocycles. The van der Waals surface area contributed by atoms with Crippen molar-refractivity contribution in [2.24, 2.45) is 0 Å². The number of hydrogen-bond donors (Lipinski definition) is 0. The van der Waals surface area contributed by atoms with Crippen molar-refractivity contribution in [2.75, 3.05) is 0 Å². The third kappa shape index (κ3) is 6.42. The van der Waals surface area contributed by atoms with Crippen molar-refractivity contribution in [3.63, 3.8) is 0 Å². The van der Waals surface area contributed by atoms with E-state index in [1.165, 1.54) is 16.7 Å². The Bertz CT molecular complexity index is 684. The van der Waals surface area contributed by atoms with Crippen LogP contribution in [-0.4, -0.2) is 5.16 Å². The number of hydrogen-bond acceptors (Lipinski definition) is 0. The molecular weight excluding hydrogens is 387 g/mol. The van der Waals surface area contributed by atoms with E-state index in [1.807, 2.05) is 0 Å². The Kier molecular flexibility index (Phi) is 7.88. The molecule has 0 saturated carbocycles. The Morgan fingerprint density at radius 2 is 0.920 bits per heavy atom. The number of halogens is 1. The smallest absolute Gasteiger partial charge is 0.00665 e. The molecule has 2 heteroatoms. The van der Waals surface area contributed by atoms with Crippen molar-refractivity contribution in [1.29, 1.82) is 0 Å². The minimum Gasteiger partial charge on any atom is -0.130 e. The molecule has 0 aliphatic heterocycles. The summed E-state index contributed by atoms with van der Waals surface area (Å²) in [7, 11) is 3.19. The normalized spacial score (nSPS) is 10.9. The zero-order valence-corrected chi connectivity index (χ0v) is 17.3. The summed E-state index contributed by atoms with van der Waals surface area (Å²) in [5, 5.41) is 0.179. The van der Waals surface area contributed by atoms with Crippen LogP contribution in [-0.2, 0) is 19.3 Å². The lowest BCUT2D eigenvalue weighted by Crippen LogP contribution is -2.28. The third-order valence-electron chi connectivity index (χ3n) is 4.55. The Morgan fingerprint density at radius 3 is 1.32 bits per heavy atom. The molecule has 0 bridgehead atoms. The van der Waals surface area contributed by atoms with Gasteiger partial charge in [0.15, 0.2) is 0 Å². The molecule has 1 unspecified atom stereocenters. The largest absolute Gasteiger partial charge is 0.130 e. The maximum Gasteiger partial charge on any atom is -0.00665 e. The Hall–Kier alpha value is -1.43. The fraction of sp³-hybridized carbons (Fsp3) is 0.217. The van der Waals surface area contributed by atoms with Gasteiger partial charge in [-0.3, -0.25) is 0 Å². The minimum atomic E-state index is 0. The van der Waals surface area contributed by atoms with Crippen molar-refractivity contribution in [2.45, 2.75) is 30.8 Å². The van der Waals surface area contributed by atoms with E-state index >= 15 is 0 Å². The van der Waals surface area contributed by atoms with Gasteiger partial charge in [-0.05, 0) is 47.5 Å². The molecular formula is C23H26BrP. The van der Waals surface area contributed by atoms with Crippen molar-refractivity contribution in [3.05, 3.63) is 108 Å². The number of benzene rings is 3. The molecule has 0 radical (unpaired) electrons. The summed E-state index contributed by atoms with van der Waals surface area (Å²) < 4.78 is 0. The summed E-state index contributed by atoms with van der Waals surface area (Å²) in [5.41, 5.74) is 4.25. The zero-order valence-electron chi connectivity index (χ0n) is 14.5. The first-order valence-electron chi connectivity index (χ1n) is 8.64. The van der Waals surface area contributed by atoms with Crippen LogP contribution in [0.2, 0.25) is 0 Å². The van der Waals surface area contributed by atoms with E-state index in [1.54, 1.807) is 0 Å². The highest BCUT2D eigenvalue weighted by Gasteiger charge is 2.25. The van der Waals surface area contributed by atoms with Gasteiger partial charge in [-0.25, -0.2) is 0 Å². The second-order valence-electron chi connectivity index (χ2n) is 6.67. The molecule has 3 rings (SSSR count). The fourth-order valence-electron chi connectivity index (χ4n) is 3.28. The highest BCUT2D eigenvalue weighted by Crippen LogP contribution is 2.33. The van der Waals surface area contributed by atoms with E-state index in [0.29, 0.717) is 0 Å². The van der Waals surface area contributed by atoms with E-state index in [0.717, 1.165) is 25.7 Å². The van der Waals surface area contributed by atoms with Gasteiger partial charge in [0.1, 0.15) is 0 Å². The highest BCUT2D eigenvalue weighted by atomic mass is 79.9. The summed E-state index contributed by atoms with van der Waals surface area (Å²) in [6.07, 6.45) is 4.44. The molecule has 0 fully saturated rings. The van der Waals surface area contributed by atoms with Gasteiger partial charge in [-0.15, -0.1) is 26.2 Å². The number of aryl methyl sites for hydroxylation is 1. The number of rotatable bonds is 7. The van der Waals surface area contributed by atoms with Crippen LogP contribution in [0.3, 0.4) is 0 Å².